The van der Waals surface area contributed by atoms with Gasteiger partial charge in [0.15, 0.2) is 5.69 Å². The molecule has 2 aliphatic heterocycles. The van der Waals surface area contributed by atoms with Gasteiger partial charge in [0.2, 0.25) is 0 Å². The number of hydrogen-bond donors (Lipinski definition) is 1. The molecular formula is C17H22N6O. The summed E-state index contributed by atoms with van der Waals surface area (Å²) in [5.74, 6) is 1.07. The van der Waals surface area contributed by atoms with Crippen molar-refractivity contribution in [1.29, 1.82) is 0 Å². The number of nitrogens with two attached hydrogens (primary N) is 1. The van der Waals surface area contributed by atoms with Gasteiger partial charge in [-0.25, -0.2) is 4.98 Å². The molecule has 2 saturated heterocycles. The van der Waals surface area contributed by atoms with Gasteiger partial charge in [0.1, 0.15) is 5.69 Å². The van der Waals surface area contributed by atoms with Crippen molar-refractivity contribution in [2.24, 2.45) is 17.6 Å². The first-order valence-corrected chi connectivity index (χ1v) is 8.47. The van der Waals surface area contributed by atoms with E-state index in [2.05, 4.69) is 22.1 Å². The number of carbonyl (C=O) groups is 1. The summed E-state index contributed by atoms with van der Waals surface area (Å²) in [7, 11) is 0. The summed E-state index contributed by atoms with van der Waals surface area (Å²) < 4.78 is 0. The molecule has 126 valence electrons. The van der Waals surface area contributed by atoms with Crippen LogP contribution in [0.3, 0.4) is 0 Å². The number of aryl methyl sites for hydroxylation is 1. The fourth-order valence-electron chi connectivity index (χ4n) is 4.10. The molecule has 0 radical (unpaired) electrons. The van der Waals surface area contributed by atoms with Crippen LogP contribution in [0.5, 0.6) is 0 Å². The highest BCUT2D eigenvalue weighted by molar-refractivity contribution is 5.96. The summed E-state index contributed by atoms with van der Waals surface area (Å²) in [5.41, 5.74) is 7.82. The van der Waals surface area contributed by atoms with Crippen molar-refractivity contribution in [3.63, 3.8) is 0 Å². The molecule has 24 heavy (non-hydrogen) atoms. The van der Waals surface area contributed by atoms with Crippen molar-refractivity contribution in [2.45, 2.75) is 38.8 Å². The smallest absolute Gasteiger partial charge is 0.275 e. The van der Waals surface area contributed by atoms with Crippen molar-refractivity contribution < 1.29 is 4.79 Å². The number of amides is 1. The third-order valence-corrected chi connectivity index (χ3v) is 5.58. The Hall–Kier alpha value is -2.28. The summed E-state index contributed by atoms with van der Waals surface area (Å²) in [6.07, 6.45) is 5.34. The second-order valence-corrected chi connectivity index (χ2v) is 6.90. The molecule has 1 aliphatic carbocycles. The summed E-state index contributed by atoms with van der Waals surface area (Å²) in [5, 5.41) is 8.31. The van der Waals surface area contributed by atoms with E-state index in [-0.39, 0.29) is 18.0 Å². The SMILES string of the molecule is Cc1ccc(-n2nccn2)c(C(=O)N2C3CC(C3)C(C)C2CN)n1. The average molecular weight is 326 g/mol. The Balaban J connectivity index is 1.75. The van der Waals surface area contributed by atoms with Gasteiger partial charge in [-0.2, -0.15) is 10.2 Å². The van der Waals surface area contributed by atoms with Crippen LogP contribution in [-0.4, -0.2) is 49.4 Å². The minimum atomic E-state index is -0.0588. The molecular weight excluding hydrogens is 304 g/mol. The summed E-state index contributed by atoms with van der Waals surface area (Å²) in [6, 6.07) is 4.08. The molecule has 2 aromatic heterocycles. The molecule has 5 rings (SSSR count). The lowest BCUT2D eigenvalue weighted by Gasteiger charge is -2.57. The molecule has 7 heteroatoms. The zero-order chi connectivity index (χ0) is 16.8. The van der Waals surface area contributed by atoms with Crippen LogP contribution in [0.4, 0.5) is 0 Å². The van der Waals surface area contributed by atoms with Crippen LogP contribution in [0.15, 0.2) is 24.5 Å². The van der Waals surface area contributed by atoms with Crippen molar-refractivity contribution in [2.75, 3.05) is 6.54 Å². The average Bonchev–Trinajstić information content (AvgIpc) is 3.06. The lowest BCUT2D eigenvalue weighted by atomic mass is 9.64. The zero-order valence-corrected chi connectivity index (χ0v) is 14.0. The Morgan fingerprint density at radius 3 is 2.67 bits per heavy atom. The molecule has 2 N–H and O–H groups in total. The topological polar surface area (TPSA) is 89.9 Å². The quantitative estimate of drug-likeness (QED) is 0.914. The molecule has 4 heterocycles. The normalized spacial score (nSPS) is 28.5. The lowest BCUT2D eigenvalue weighted by Crippen LogP contribution is -2.65. The van der Waals surface area contributed by atoms with E-state index in [0.717, 1.165) is 18.5 Å². The highest BCUT2D eigenvalue weighted by Crippen LogP contribution is 2.46. The molecule has 2 bridgehead atoms. The fourth-order valence-corrected chi connectivity index (χ4v) is 4.10. The Morgan fingerprint density at radius 1 is 1.29 bits per heavy atom. The predicted molar refractivity (Wildman–Crippen MR) is 88.6 cm³/mol. The number of aromatic nitrogens is 4. The van der Waals surface area contributed by atoms with Crippen molar-refractivity contribution in [3.8, 4) is 5.69 Å². The molecule has 2 unspecified atom stereocenters. The standard InChI is InChI=1S/C17H22N6O/c1-10-3-4-14(23-19-5-6-20-23)16(21-10)17(24)22-13-7-12(8-13)11(2)15(22)9-18/h3-6,11-13,15H,7-9,18H2,1-2H3. The van der Waals surface area contributed by atoms with E-state index in [0.29, 0.717) is 29.8 Å². The number of hydrogen-bond acceptors (Lipinski definition) is 5. The molecule has 2 aromatic rings. The van der Waals surface area contributed by atoms with Gasteiger partial charge in [0.05, 0.1) is 12.4 Å². The van der Waals surface area contributed by atoms with Gasteiger partial charge in [-0.05, 0) is 43.7 Å². The van der Waals surface area contributed by atoms with E-state index < -0.39 is 0 Å². The van der Waals surface area contributed by atoms with Crippen LogP contribution < -0.4 is 5.73 Å². The molecule has 3 aliphatic rings. The van der Waals surface area contributed by atoms with Gasteiger partial charge >= 0.3 is 0 Å². The first-order chi connectivity index (χ1) is 11.6. The van der Waals surface area contributed by atoms with Gasteiger partial charge < -0.3 is 10.6 Å². The monoisotopic (exact) mass is 326 g/mol. The highest BCUT2D eigenvalue weighted by atomic mass is 16.2. The summed E-state index contributed by atoms with van der Waals surface area (Å²) >= 11 is 0. The van der Waals surface area contributed by atoms with Crippen LogP contribution in [-0.2, 0) is 0 Å². The van der Waals surface area contributed by atoms with E-state index in [1.54, 1.807) is 12.4 Å². The van der Waals surface area contributed by atoms with Gasteiger partial charge in [0, 0.05) is 24.3 Å². The molecule has 3 fully saturated rings. The number of nitrogens with zero attached hydrogens (tertiary/aromatic N) is 5. The van der Waals surface area contributed by atoms with Gasteiger partial charge in [-0.1, -0.05) is 6.92 Å². The first kappa shape index (κ1) is 15.3. The van der Waals surface area contributed by atoms with E-state index in [1.165, 1.54) is 4.80 Å². The van der Waals surface area contributed by atoms with Crippen LogP contribution in [0, 0.1) is 18.8 Å². The van der Waals surface area contributed by atoms with E-state index in [9.17, 15) is 4.79 Å². The summed E-state index contributed by atoms with van der Waals surface area (Å²) in [6.45, 7) is 4.58. The third kappa shape index (κ3) is 2.23. The number of piperidine rings is 2. The highest BCUT2D eigenvalue weighted by Gasteiger charge is 2.50. The maximum Gasteiger partial charge on any atom is 0.275 e. The number of fused-ring (bicyclic) bond motifs is 2. The Labute approximate surface area is 140 Å². The molecule has 1 amide bonds. The number of rotatable bonds is 3. The Bertz CT molecular complexity index is 752. The predicted octanol–water partition coefficient (Wildman–Crippen LogP) is 1.17. The molecule has 2 atom stereocenters. The largest absolute Gasteiger partial charge is 0.330 e. The third-order valence-electron chi connectivity index (χ3n) is 5.58. The van der Waals surface area contributed by atoms with E-state index >= 15 is 0 Å². The second-order valence-electron chi connectivity index (χ2n) is 6.90. The van der Waals surface area contributed by atoms with Crippen LogP contribution in [0.2, 0.25) is 0 Å². The Morgan fingerprint density at radius 2 is 2.00 bits per heavy atom. The van der Waals surface area contributed by atoms with Crippen LogP contribution >= 0.6 is 0 Å². The molecule has 0 aromatic carbocycles. The fraction of sp³-hybridized carbons (Fsp3) is 0.529. The van der Waals surface area contributed by atoms with Gasteiger partial charge in [-0.15, -0.1) is 4.80 Å². The number of pyridine rings is 1. The van der Waals surface area contributed by atoms with Crippen molar-refractivity contribution in [1.82, 2.24) is 24.9 Å². The molecule has 7 nitrogen and oxygen atoms in total. The van der Waals surface area contributed by atoms with Gasteiger partial charge in [-0.3, -0.25) is 4.79 Å². The first-order valence-electron chi connectivity index (χ1n) is 8.47. The number of carbonyl (C=O) groups excluding carboxylic acids is 1. The lowest BCUT2D eigenvalue weighted by molar-refractivity contribution is -0.0517. The van der Waals surface area contributed by atoms with Crippen molar-refractivity contribution in [3.05, 3.63) is 35.9 Å². The molecule has 1 saturated carbocycles. The molecule has 0 spiro atoms. The maximum atomic E-state index is 13.4. The van der Waals surface area contributed by atoms with Crippen molar-refractivity contribution >= 4 is 5.91 Å². The summed E-state index contributed by atoms with van der Waals surface area (Å²) in [4.78, 5) is 21.3. The van der Waals surface area contributed by atoms with E-state index in [1.807, 2.05) is 24.0 Å². The van der Waals surface area contributed by atoms with E-state index in [4.69, 9.17) is 5.73 Å². The Kier molecular flexibility index (Phi) is 3.60. The minimum absolute atomic E-state index is 0.0588. The zero-order valence-electron chi connectivity index (χ0n) is 14.0. The minimum Gasteiger partial charge on any atom is -0.330 e. The maximum absolute atomic E-state index is 13.4. The second kappa shape index (κ2) is 5.66. The van der Waals surface area contributed by atoms with Crippen LogP contribution in [0.1, 0.15) is 35.9 Å². The van der Waals surface area contributed by atoms with Gasteiger partial charge in [0.25, 0.3) is 5.91 Å². The van der Waals surface area contributed by atoms with Crippen LogP contribution in [0.25, 0.3) is 5.69 Å².